The molecule has 7 heteroatoms. The number of para-hydroxylation sites is 1. The van der Waals surface area contributed by atoms with Crippen LogP contribution in [0, 0.1) is 6.92 Å². The maximum absolute atomic E-state index is 13.7. The van der Waals surface area contributed by atoms with E-state index in [0.717, 1.165) is 24.8 Å². The molecule has 0 fully saturated rings. The lowest BCUT2D eigenvalue weighted by Crippen LogP contribution is -2.38. The first-order chi connectivity index (χ1) is 15.9. The van der Waals surface area contributed by atoms with E-state index in [1.807, 2.05) is 49.1 Å². The summed E-state index contributed by atoms with van der Waals surface area (Å²) in [7, 11) is 0. The van der Waals surface area contributed by atoms with E-state index in [1.165, 1.54) is 0 Å². The molecule has 3 aromatic rings. The molecule has 33 heavy (non-hydrogen) atoms. The molecule has 0 spiro atoms. The number of aromatic nitrogens is 2. The van der Waals surface area contributed by atoms with Crippen LogP contribution in [0.4, 0.5) is 0 Å². The predicted octanol–water partition coefficient (Wildman–Crippen LogP) is 6.45. The SMILES string of the molecule is CCCCCN(C(=O)CCCCl)C(C)c1nc2ccccc2c(=O)n1-c1ccc(Cl)cc1C. The zero-order valence-corrected chi connectivity index (χ0v) is 21.0. The Hall–Kier alpha value is -2.37. The van der Waals surface area contributed by atoms with Crippen molar-refractivity contribution in [1.82, 2.24) is 14.5 Å². The third kappa shape index (κ3) is 5.77. The van der Waals surface area contributed by atoms with Crippen molar-refractivity contribution in [2.24, 2.45) is 0 Å². The number of hydrogen-bond donors (Lipinski definition) is 0. The van der Waals surface area contributed by atoms with E-state index < -0.39 is 6.04 Å². The van der Waals surface area contributed by atoms with Gasteiger partial charge in [0.15, 0.2) is 0 Å². The number of hydrogen-bond acceptors (Lipinski definition) is 3. The van der Waals surface area contributed by atoms with Gasteiger partial charge < -0.3 is 4.90 Å². The molecule has 0 saturated heterocycles. The van der Waals surface area contributed by atoms with Crippen molar-refractivity contribution >= 4 is 40.0 Å². The van der Waals surface area contributed by atoms with E-state index in [1.54, 1.807) is 16.7 Å². The van der Waals surface area contributed by atoms with Gasteiger partial charge in [-0.25, -0.2) is 4.98 Å². The first-order valence-corrected chi connectivity index (χ1v) is 12.4. The summed E-state index contributed by atoms with van der Waals surface area (Å²) >= 11 is 12.0. The van der Waals surface area contributed by atoms with Gasteiger partial charge in [0.2, 0.25) is 5.91 Å². The topological polar surface area (TPSA) is 55.2 Å². The number of halogens is 2. The summed E-state index contributed by atoms with van der Waals surface area (Å²) in [5.41, 5.74) is 2.04. The number of fused-ring (bicyclic) bond motifs is 1. The van der Waals surface area contributed by atoms with E-state index in [4.69, 9.17) is 28.2 Å². The fraction of sp³-hybridized carbons (Fsp3) is 0.423. The third-order valence-corrected chi connectivity index (χ3v) is 6.39. The van der Waals surface area contributed by atoms with E-state index in [2.05, 4.69) is 6.92 Å². The Morgan fingerprint density at radius 3 is 2.61 bits per heavy atom. The van der Waals surface area contributed by atoms with Crippen molar-refractivity contribution in [3.8, 4) is 5.69 Å². The Morgan fingerprint density at radius 1 is 1.15 bits per heavy atom. The molecule has 1 aromatic heterocycles. The van der Waals surface area contributed by atoms with Crippen LogP contribution in [-0.2, 0) is 4.79 Å². The standard InChI is InChI=1S/C26H31Cl2N3O2/c1-4-5-8-16-30(24(32)12-9-15-27)19(3)25-29-22-11-7-6-10-21(22)26(33)31(25)23-14-13-20(28)17-18(23)2/h6-7,10-11,13-14,17,19H,4-5,8-9,12,15-16H2,1-3H3. The second-order valence-electron chi connectivity index (χ2n) is 8.32. The Balaban J connectivity index is 2.19. The molecule has 3 rings (SSSR count). The number of benzene rings is 2. The smallest absolute Gasteiger partial charge is 0.266 e. The summed E-state index contributed by atoms with van der Waals surface area (Å²) in [6.07, 6.45) is 3.97. The lowest BCUT2D eigenvalue weighted by molar-refractivity contribution is -0.133. The van der Waals surface area contributed by atoms with Gasteiger partial charge in [-0.2, -0.15) is 0 Å². The molecule has 0 radical (unpaired) electrons. The van der Waals surface area contributed by atoms with Crippen LogP contribution in [0.1, 0.15) is 63.4 Å². The third-order valence-electron chi connectivity index (χ3n) is 5.89. The largest absolute Gasteiger partial charge is 0.333 e. The van der Waals surface area contributed by atoms with Gasteiger partial charge in [0.25, 0.3) is 5.56 Å². The molecule has 1 unspecified atom stereocenters. The van der Waals surface area contributed by atoms with Crippen LogP contribution in [0.25, 0.3) is 16.6 Å². The fourth-order valence-corrected chi connectivity index (χ4v) is 4.46. The highest BCUT2D eigenvalue weighted by Gasteiger charge is 2.26. The van der Waals surface area contributed by atoms with E-state index in [0.29, 0.717) is 52.7 Å². The van der Waals surface area contributed by atoms with E-state index in [-0.39, 0.29) is 11.5 Å². The monoisotopic (exact) mass is 487 g/mol. The number of carbonyl (C=O) groups is 1. The summed E-state index contributed by atoms with van der Waals surface area (Å²) in [4.78, 5) is 33.6. The quantitative estimate of drug-likeness (QED) is 0.244. The number of rotatable bonds is 10. The highest BCUT2D eigenvalue weighted by Crippen LogP contribution is 2.26. The normalized spacial score (nSPS) is 12.2. The summed E-state index contributed by atoms with van der Waals surface area (Å²) in [6.45, 7) is 6.61. The van der Waals surface area contributed by atoms with E-state index >= 15 is 0 Å². The van der Waals surface area contributed by atoms with Crippen molar-refractivity contribution < 1.29 is 4.79 Å². The van der Waals surface area contributed by atoms with Gasteiger partial charge in [-0.1, -0.05) is 43.5 Å². The zero-order valence-electron chi connectivity index (χ0n) is 19.5. The molecule has 176 valence electrons. The Bertz CT molecular complexity index is 1180. The van der Waals surface area contributed by atoms with Crippen LogP contribution >= 0.6 is 23.2 Å². The lowest BCUT2D eigenvalue weighted by Gasteiger charge is -2.31. The van der Waals surface area contributed by atoms with E-state index in [9.17, 15) is 9.59 Å². The molecule has 1 amide bonds. The minimum atomic E-state index is -0.392. The molecule has 0 aliphatic heterocycles. The summed E-state index contributed by atoms with van der Waals surface area (Å²) < 4.78 is 1.64. The molecule has 1 heterocycles. The predicted molar refractivity (Wildman–Crippen MR) is 137 cm³/mol. The minimum absolute atomic E-state index is 0.0287. The van der Waals surface area contributed by atoms with Crippen LogP contribution in [0.5, 0.6) is 0 Å². The molecule has 5 nitrogen and oxygen atoms in total. The van der Waals surface area contributed by atoms with Crippen LogP contribution < -0.4 is 5.56 Å². The molecular weight excluding hydrogens is 457 g/mol. The Morgan fingerprint density at radius 2 is 1.91 bits per heavy atom. The molecule has 0 aliphatic carbocycles. The Labute approximate surface area is 205 Å². The van der Waals surface area contributed by atoms with Crippen molar-refractivity contribution in [3.63, 3.8) is 0 Å². The second-order valence-corrected chi connectivity index (χ2v) is 9.14. The molecule has 2 aromatic carbocycles. The molecular formula is C26H31Cl2N3O2. The average Bonchev–Trinajstić information content (AvgIpc) is 2.80. The first kappa shape index (κ1) is 25.3. The highest BCUT2D eigenvalue weighted by atomic mass is 35.5. The van der Waals surface area contributed by atoms with Crippen LogP contribution in [0.15, 0.2) is 47.3 Å². The molecule has 0 N–H and O–H groups in total. The lowest BCUT2D eigenvalue weighted by atomic mass is 10.1. The summed E-state index contributed by atoms with van der Waals surface area (Å²) in [5.74, 6) is 1.01. The number of amides is 1. The van der Waals surface area contributed by atoms with Crippen LogP contribution in [-0.4, -0.2) is 32.8 Å². The number of unbranched alkanes of at least 4 members (excludes halogenated alkanes) is 2. The maximum atomic E-state index is 13.7. The van der Waals surface area contributed by atoms with Crippen molar-refractivity contribution in [3.05, 3.63) is 69.2 Å². The molecule has 0 aliphatic rings. The number of carbonyl (C=O) groups excluding carboxylic acids is 1. The molecule has 0 saturated carbocycles. The number of nitrogens with zero attached hydrogens (tertiary/aromatic N) is 3. The van der Waals surface area contributed by atoms with Crippen LogP contribution in [0.3, 0.4) is 0 Å². The summed E-state index contributed by atoms with van der Waals surface area (Å²) in [5, 5.41) is 1.14. The number of aryl methyl sites for hydroxylation is 1. The molecule has 1 atom stereocenters. The zero-order chi connectivity index (χ0) is 24.0. The maximum Gasteiger partial charge on any atom is 0.266 e. The van der Waals surface area contributed by atoms with Crippen molar-refractivity contribution in [2.45, 2.75) is 58.9 Å². The average molecular weight is 488 g/mol. The fourth-order valence-electron chi connectivity index (χ4n) is 4.10. The number of alkyl halides is 1. The van der Waals surface area contributed by atoms with Gasteiger partial charge in [-0.3, -0.25) is 14.2 Å². The molecule has 0 bridgehead atoms. The van der Waals surface area contributed by atoms with Crippen LogP contribution in [0.2, 0.25) is 5.02 Å². The van der Waals surface area contributed by atoms with Gasteiger partial charge in [0.1, 0.15) is 5.82 Å². The van der Waals surface area contributed by atoms with Gasteiger partial charge in [-0.05, 0) is 62.6 Å². The highest BCUT2D eigenvalue weighted by molar-refractivity contribution is 6.30. The van der Waals surface area contributed by atoms with Gasteiger partial charge in [0, 0.05) is 23.9 Å². The first-order valence-electron chi connectivity index (χ1n) is 11.5. The Kier molecular flexibility index (Phi) is 8.93. The summed E-state index contributed by atoms with van der Waals surface area (Å²) in [6, 6.07) is 12.4. The van der Waals surface area contributed by atoms with Gasteiger partial charge in [0.05, 0.1) is 22.6 Å². The van der Waals surface area contributed by atoms with Gasteiger partial charge >= 0.3 is 0 Å². The van der Waals surface area contributed by atoms with Crippen molar-refractivity contribution in [1.29, 1.82) is 0 Å². The second kappa shape index (κ2) is 11.7. The minimum Gasteiger partial charge on any atom is -0.333 e. The van der Waals surface area contributed by atoms with Crippen molar-refractivity contribution in [2.75, 3.05) is 12.4 Å². The van der Waals surface area contributed by atoms with Gasteiger partial charge in [-0.15, -0.1) is 11.6 Å².